The summed E-state index contributed by atoms with van der Waals surface area (Å²) in [5.41, 5.74) is 3.04. The summed E-state index contributed by atoms with van der Waals surface area (Å²) in [4.78, 5) is 0.754. The number of hydrogen-bond donors (Lipinski definition) is 0. The zero-order valence-corrected chi connectivity index (χ0v) is 15.4. The van der Waals surface area contributed by atoms with Crippen molar-refractivity contribution in [2.75, 3.05) is 0 Å². The fraction of sp³-hybridized carbons (Fsp3) is 0.105. The maximum absolute atomic E-state index is 6.02. The Balaban J connectivity index is 1.57. The molecule has 0 N–H and O–H groups in total. The Morgan fingerprint density at radius 3 is 2.69 bits per heavy atom. The van der Waals surface area contributed by atoms with E-state index < -0.39 is 0 Å². The van der Waals surface area contributed by atoms with Crippen LogP contribution in [0.15, 0.2) is 52.9 Å². The molecule has 0 atom stereocenters. The third kappa shape index (κ3) is 2.50. The Morgan fingerprint density at radius 1 is 1.08 bits per heavy atom. The summed E-state index contributed by atoms with van der Waals surface area (Å²) in [6, 6.07) is 15.8. The van der Waals surface area contributed by atoms with Crippen molar-refractivity contribution >= 4 is 38.9 Å². The van der Waals surface area contributed by atoms with Gasteiger partial charge in [-0.25, -0.2) is 0 Å². The summed E-state index contributed by atoms with van der Waals surface area (Å²) in [5, 5.41) is 16.0. The van der Waals surface area contributed by atoms with Crippen molar-refractivity contribution in [1.82, 2.24) is 19.8 Å². The first-order valence-corrected chi connectivity index (χ1v) is 9.32. The van der Waals surface area contributed by atoms with E-state index >= 15 is 0 Å². The summed E-state index contributed by atoms with van der Waals surface area (Å²) in [6.07, 6.45) is 0.726. The molecular weight excluding hydrogens is 368 g/mol. The van der Waals surface area contributed by atoms with Crippen LogP contribution in [-0.4, -0.2) is 19.8 Å². The van der Waals surface area contributed by atoms with Crippen LogP contribution in [0, 0.1) is 6.92 Å². The van der Waals surface area contributed by atoms with Gasteiger partial charge in [0.1, 0.15) is 10.6 Å². The van der Waals surface area contributed by atoms with Crippen molar-refractivity contribution in [2.24, 2.45) is 0 Å². The molecule has 0 amide bonds. The number of halogens is 1. The van der Waals surface area contributed by atoms with Crippen LogP contribution in [-0.2, 0) is 6.42 Å². The van der Waals surface area contributed by atoms with Crippen LogP contribution in [0.5, 0.6) is 0 Å². The van der Waals surface area contributed by atoms with Crippen LogP contribution in [0.1, 0.15) is 16.1 Å². The van der Waals surface area contributed by atoms with Gasteiger partial charge in [0.2, 0.25) is 10.8 Å². The van der Waals surface area contributed by atoms with E-state index in [4.69, 9.17) is 21.1 Å². The highest BCUT2D eigenvalue weighted by atomic mass is 35.5. The minimum absolute atomic E-state index is 0.632. The molecule has 2 aromatic carbocycles. The first kappa shape index (κ1) is 15.5. The van der Waals surface area contributed by atoms with Crippen LogP contribution in [0.25, 0.3) is 27.5 Å². The predicted octanol–water partition coefficient (Wildman–Crippen LogP) is 5.15. The second kappa shape index (κ2) is 5.93. The molecule has 5 aromatic rings. The highest BCUT2D eigenvalue weighted by Gasteiger charge is 2.20. The molecular formula is C19H13ClN4OS. The van der Waals surface area contributed by atoms with Gasteiger partial charge >= 0.3 is 0 Å². The van der Waals surface area contributed by atoms with Crippen LogP contribution in [0.2, 0.25) is 5.02 Å². The first-order chi connectivity index (χ1) is 12.7. The van der Waals surface area contributed by atoms with Crippen molar-refractivity contribution in [1.29, 1.82) is 0 Å². The Labute approximate surface area is 157 Å². The smallest absolute Gasteiger partial charge is 0.235 e. The van der Waals surface area contributed by atoms with Gasteiger partial charge in [-0.2, -0.15) is 9.61 Å². The molecule has 0 fully saturated rings. The Morgan fingerprint density at radius 2 is 1.88 bits per heavy atom. The van der Waals surface area contributed by atoms with Crippen molar-refractivity contribution in [2.45, 2.75) is 13.3 Å². The molecule has 7 heteroatoms. The van der Waals surface area contributed by atoms with Crippen molar-refractivity contribution in [3.8, 4) is 11.6 Å². The number of para-hydroxylation sites is 1. The standard InChI is InChI=1S/C19H13ClN4OS/c1-11-14-4-2-3-5-15(14)25-17(11)18-21-22-19-24(18)23-16(26-19)10-12-6-8-13(20)9-7-12/h2-9H,10H2,1H3. The molecule has 0 saturated carbocycles. The summed E-state index contributed by atoms with van der Waals surface area (Å²) in [5.74, 6) is 1.34. The summed E-state index contributed by atoms with van der Waals surface area (Å²) in [6.45, 7) is 2.03. The molecule has 0 unspecified atom stereocenters. The average Bonchev–Trinajstić information content (AvgIpc) is 3.30. The molecule has 3 aromatic heterocycles. The predicted molar refractivity (Wildman–Crippen MR) is 103 cm³/mol. The lowest BCUT2D eigenvalue weighted by atomic mass is 10.1. The molecule has 5 nitrogen and oxygen atoms in total. The number of furan rings is 1. The third-order valence-electron chi connectivity index (χ3n) is 4.35. The monoisotopic (exact) mass is 380 g/mol. The van der Waals surface area contributed by atoms with Crippen molar-refractivity contribution < 1.29 is 4.42 Å². The first-order valence-electron chi connectivity index (χ1n) is 8.13. The number of nitrogens with zero attached hydrogens (tertiary/aromatic N) is 4. The number of benzene rings is 2. The van der Waals surface area contributed by atoms with Gasteiger partial charge in [0.05, 0.1) is 0 Å². The van der Waals surface area contributed by atoms with E-state index in [0.29, 0.717) is 11.6 Å². The lowest BCUT2D eigenvalue weighted by molar-refractivity contribution is 0.619. The lowest BCUT2D eigenvalue weighted by Crippen LogP contribution is -1.93. The fourth-order valence-corrected chi connectivity index (χ4v) is 4.03. The van der Waals surface area contributed by atoms with Gasteiger partial charge in [-0.05, 0) is 30.7 Å². The Hall–Kier alpha value is -2.70. The van der Waals surface area contributed by atoms with Crippen molar-refractivity contribution in [3.05, 3.63) is 69.7 Å². The van der Waals surface area contributed by atoms with Gasteiger partial charge < -0.3 is 4.42 Å². The van der Waals surface area contributed by atoms with E-state index in [0.717, 1.165) is 43.5 Å². The largest absolute Gasteiger partial charge is 0.452 e. The number of aromatic nitrogens is 4. The Bertz CT molecular complexity index is 1240. The SMILES string of the molecule is Cc1c(-c2nnc3sc(Cc4ccc(Cl)cc4)nn23)oc2ccccc12. The Kier molecular flexibility index (Phi) is 3.55. The topological polar surface area (TPSA) is 56.2 Å². The third-order valence-corrected chi connectivity index (χ3v) is 5.50. The van der Waals surface area contributed by atoms with Crippen molar-refractivity contribution in [3.63, 3.8) is 0 Å². The zero-order valence-electron chi connectivity index (χ0n) is 13.8. The molecule has 0 aliphatic rings. The normalized spacial score (nSPS) is 11.6. The van der Waals surface area contributed by atoms with Crippen LogP contribution in [0.4, 0.5) is 0 Å². The number of fused-ring (bicyclic) bond motifs is 2. The number of hydrogen-bond acceptors (Lipinski definition) is 5. The van der Waals surface area contributed by atoms with Gasteiger partial charge in [-0.3, -0.25) is 0 Å². The van der Waals surface area contributed by atoms with Crippen LogP contribution >= 0.6 is 22.9 Å². The molecule has 26 heavy (non-hydrogen) atoms. The van der Waals surface area contributed by atoms with E-state index in [9.17, 15) is 0 Å². The molecule has 0 saturated heterocycles. The average molecular weight is 381 g/mol. The van der Waals surface area contributed by atoms with Gasteiger partial charge in [-0.1, -0.05) is 53.3 Å². The highest BCUT2D eigenvalue weighted by molar-refractivity contribution is 7.16. The van der Waals surface area contributed by atoms with Crippen LogP contribution in [0.3, 0.4) is 0 Å². The molecule has 5 rings (SSSR count). The summed E-state index contributed by atoms with van der Waals surface area (Å²) >= 11 is 7.48. The molecule has 0 aliphatic heterocycles. The van der Waals surface area contributed by atoms with E-state index in [2.05, 4.69) is 10.2 Å². The molecule has 0 spiro atoms. The van der Waals surface area contributed by atoms with E-state index in [-0.39, 0.29) is 0 Å². The van der Waals surface area contributed by atoms with E-state index in [1.807, 2.05) is 55.5 Å². The molecule has 0 aliphatic carbocycles. The molecule has 3 heterocycles. The van der Waals surface area contributed by atoms with Crippen LogP contribution < -0.4 is 0 Å². The second-order valence-electron chi connectivity index (χ2n) is 6.07. The minimum Gasteiger partial charge on any atom is -0.452 e. The second-order valence-corrected chi connectivity index (χ2v) is 7.55. The maximum Gasteiger partial charge on any atom is 0.235 e. The van der Waals surface area contributed by atoms with Gasteiger partial charge in [0.25, 0.3) is 0 Å². The van der Waals surface area contributed by atoms with E-state index in [1.165, 1.54) is 11.3 Å². The van der Waals surface area contributed by atoms with Gasteiger partial charge in [-0.15, -0.1) is 10.2 Å². The molecule has 0 radical (unpaired) electrons. The fourth-order valence-electron chi connectivity index (χ4n) is 3.03. The van der Waals surface area contributed by atoms with Gasteiger partial charge in [0.15, 0.2) is 5.76 Å². The summed E-state index contributed by atoms with van der Waals surface area (Å²) < 4.78 is 7.78. The van der Waals surface area contributed by atoms with E-state index in [1.54, 1.807) is 4.52 Å². The zero-order chi connectivity index (χ0) is 17.7. The number of aryl methyl sites for hydroxylation is 1. The minimum atomic E-state index is 0.632. The quantitative estimate of drug-likeness (QED) is 0.434. The number of rotatable bonds is 3. The highest BCUT2D eigenvalue weighted by Crippen LogP contribution is 2.32. The summed E-state index contributed by atoms with van der Waals surface area (Å²) in [7, 11) is 0. The molecule has 128 valence electrons. The van der Waals surface area contributed by atoms with Gasteiger partial charge in [0, 0.05) is 22.4 Å². The maximum atomic E-state index is 6.02. The molecule has 0 bridgehead atoms. The lowest BCUT2D eigenvalue weighted by Gasteiger charge is -1.97.